The Labute approximate surface area is 107 Å². The lowest BCUT2D eigenvalue weighted by atomic mass is 9.79. The van der Waals surface area contributed by atoms with Crippen molar-refractivity contribution in [2.75, 3.05) is 0 Å². The van der Waals surface area contributed by atoms with Gasteiger partial charge in [-0.05, 0) is 0 Å². The molecule has 0 saturated carbocycles. The smallest absolute Gasteiger partial charge is 0.390 e. The van der Waals surface area contributed by atoms with E-state index in [1.807, 2.05) is 0 Å². The van der Waals surface area contributed by atoms with Gasteiger partial charge in [-0.3, -0.25) is 0 Å². The lowest BCUT2D eigenvalue weighted by Gasteiger charge is -2.46. The molecule has 2 nitrogen and oxygen atoms in total. The van der Waals surface area contributed by atoms with Crippen LogP contribution in [0.5, 0.6) is 0 Å². The van der Waals surface area contributed by atoms with Gasteiger partial charge in [0.05, 0.1) is 0 Å². The van der Waals surface area contributed by atoms with E-state index in [-0.39, 0.29) is 0 Å². The van der Waals surface area contributed by atoms with Crippen molar-refractivity contribution < 1.29 is 62.0 Å². The Morgan fingerprint density at radius 3 is 0.810 bits per heavy atom. The van der Waals surface area contributed by atoms with Gasteiger partial charge in [0.2, 0.25) is 0 Å². The number of halogens is 12. The summed E-state index contributed by atoms with van der Waals surface area (Å²) in [6, 6.07) is 0. The molecule has 1 aliphatic rings. The second-order valence-corrected chi connectivity index (χ2v) is 3.76. The van der Waals surface area contributed by atoms with Crippen LogP contribution in [0.25, 0.3) is 0 Å². The Balaban J connectivity index is 3.86. The Kier molecular flexibility index (Phi) is 3.75. The van der Waals surface area contributed by atoms with Crippen LogP contribution in [0, 0.1) is 0 Å². The monoisotopic (exact) mass is 344 g/mol. The lowest BCUT2D eigenvalue weighted by molar-refractivity contribution is -0.464. The molecule has 0 amide bonds. The third kappa shape index (κ3) is 2.07. The fourth-order valence-electron chi connectivity index (χ4n) is 1.86. The molecule has 0 aliphatic carbocycles. The summed E-state index contributed by atoms with van der Waals surface area (Å²) in [6.45, 7) is 0. The second-order valence-electron chi connectivity index (χ2n) is 3.76. The molecular weight excluding hydrogens is 343 g/mol. The van der Waals surface area contributed by atoms with Gasteiger partial charge in [0, 0.05) is 0 Å². The zero-order valence-electron chi connectivity index (χ0n) is 9.06. The molecule has 0 spiro atoms. The van der Waals surface area contributed by atoms with E-state index in [0.717, 1.165) is 0 Å². The summed E-state index contributed by atoms with van der Waals surface area (Å²) in [4.78, 5) is 0. The van der Waals surface area contributed by atoms with Crippen molar-refractivity contribution in [3.63, 3.8) is 0 Å². The Bertz CT molecular complexity index is 336. The molecule has 0 aromatic heterocycles. The number of rotatable bonds is 0. The fourth-order valence-corrected chi connectivity index (χ4v) is 1.86. The molecule has 1 heterocycles. The molecule has 0 aromatic carbocycles. The maximum Gasteiger partial charge on any atom is 0.440 e. The van der Waals surface area contributed by atoms with Crippen molar-refractivity contribution in [1.29, 1.82) is 0 Å². The summed E-state index contributed by atoms with van der Waals surface area (Å²) >= 11 is 0. The summed E-state index contributed by atoms with van der Waals surface area (Å²) in [5, 5.41) is 0. The van der Waals surface area contributed by atoms with Crippen molar-refractivity contribution >= 4 is 7.69 Å². The van der Waals surface area contributed by atoms with Gasteiger partial charge in [-0.15, -0.1) is 0 Å². The zero-order valence-corrected chi connectivity index (χ0v) is 9.06. The highest BCUT2D eigenvalue weighted by Crippen LogP contribution is 2.65. The first kappa shape index (κ1) is 18.2. The standard InChI is InChI=1S/C6HBF12O2/c8-3(9,10)1(4(11,12)13)2(5(14,15)16,6(17,18)19)21-7-20-1/h7H. The molecule has 0 radical (unpaired) electrons. The van der Waals surface area contributed by atoms with Gasteiger partial charge in [-0.1, -0.05) is 0 Å². The topological polar surface area (TPSA) is 18.5 Å². The van der Waals surface area contributed by atoms with E-state index in [2.05, 4.69) is 9.31 Å². The molecule has 1 rings (SSSR count). The first-order valence-corrected chi connectivity index (χ1v) is 4.50. The minimum atomic E-state index is -7.10. The van der Waals surface area contributed by atoms with Gasteiger partial charge in [0.25, 0.3) is 11.2 Å². The molecule has 15 heteroatoms. The van der Waals surface area contributed by atoms with Crippen molar-refractivity contribution in [2.24, 2.45) is 0 Å². The SMILES string of the molecule is FC(F)(F)C1(C(F)(F)F)OBOC1(C(F)(F)F)C(F)(F)F. The highest BCUT2D eigenvalue weighted by molar-refractivity contribution is 6.20. The molecule has 0 N–H and O–H groups in total. The van der Waals surface area contributed by atoms with Gasteiger partial charge in [0.1, 0.15) is 0 Å². The zero-order chi connectivity index (χ0) is 17.1. The van der Waals surface area contributed by atoms with Crippen LogP contribution in [0.3, 0.4) is 0 Å². The van der Waals surface area contributed by atoms with E-state index in [9.17, 15) is 52.7 Å². The third-order valence-corrected chi connectivity index (χ3v) is 2.64. The van der Waals surface area contributed by atoms with E-state index in [4.69, 9.17) is 0 Å². The highest BCUT2D eigenvalue weighted by Gasteiger charge is 2.97. The van der Waals surface area contributed by atoms with Gasteiger partial charge < -0.3 is 9.31 Å². The average Bonchev–Trinajstić information content (AvgIpc) is 2.53. The maximum absolute atomic E-state index is 12.5. The summed E-state index contributed by atoms with van der Waals surface area (Å²) < 4.78 is 156. The first-order valence-electron chi connectivity index (χ1n) is 4.50. The number of alkyl halides is 12. The highest BCUT2D eigenvalue weighted by atomic mass is 19.4. The largest absolute Gasteiger partial charge is 0.440 e. The van der Waals surface area contributed by atoms with Crippen LogP contribution in [0.1, 0.15) is 0 Å². The molecule has 0 unspecified atom stereocenters. The van der Waals surface area contributed by atoms with E-state index in [1.54, 1.807) is 0 Å². The van der Waals surface area contributed by atoms with E-state index in [0.29, 0.717) is 0 Å². The van der Waals surface area contributed by atoms with Crippen LogP contribution in [0.4, 0.5) is 52.7 Å². The predicted octanol–water partition coefficient (Wildman–Crippen LogP) is 3.03. The van der Waals surface area contributed by atoms with Gasteiger partial charge in [-0.25, -0.2) is 0 Å². The van der Waals surface area contributed by atoms with E-state index >= 15 is 0 Å². The summed E-state index contributed by atoms with van der Waals surface area (Å²) in [5.74, 6) is 0. The molecule has 0 bridgehead atoms. The minimum Gasteiger partial charge on any atom is -0.390 e. The molecule has 1 fully saturated rings. The first-order chi connectivity index (χ1) is 8.96. The molecule has 124 valence electrons. The quantitative estimate of drug-likeness (QED) is 0.497. The molecule has 21 heavy (non-hydrogen) atoms. The minimum absolute atomic E-state index is 2.50. The number of hydrogen-bond donors (Lipinski definition) is 0. The summed E-state index contributed by atoms with van der Waals surface area (Å²) in [6.07, 6.45) is -28.4. The molecule has 1 saturated heterocycles. The molecule has 1 aliphatic heterocycles. The maximum atomic E-state index is 12.5. The van der Waals surface area contributed by atoms with E-state index in [1.165, 1.54) is 0 Å². The van der Waals surface area contributed by atoms with Crippen LogP contribution in [0.15, 0.2) is 0 Å². The summed E-state index contributed by atoms with van der Waals surface area (Å²) in [5.41, 5.74) is -13.2. The van der Waals surface area contributed by atoms with Crippen molar-refractivity contribution in [2.45, 2.75) is 35.9 Å². The van der Waals surface area contributed by atoms with Crippen LogP contribution in [-0.4, -0.2) is 43.6 Å². The predicted molar refractivity (Wildman–Crippen MR) is 39.0 cm³/mol. The Hall–Kier alpha value is -0.855. The number of hydrogen-bond acceptors (Lipinski definition) is 2. The van der Waals surface area contributed by atoms with Crippen molar-refractivity contribution in [1.82, 2.24) is 0 Å². The normalized spacial score (nSPS) is 23.0. The molecule has 0 atom stereocenters. The van der Waals surface area contributed by atoms with Crippen molar-refractivity contribution in [3.05, 3.63) is 0 Å². The third-order valence-electron chi connectivity index (χ3n) is 2.64. The summed E-state index contributed by atoms with van der Waals surface area (Å²) in [7, 11) is -2.50. The molecule has 0 aromatic rings. The average molecular weight is 344 g/mol. The Morgan fingerprint density at radius 2 is 0.667 bits per heavy atom. The fraction of sp³-hybridized carbons (Fsp3) is 1.00. The van der Waals surface area contributed by atoms with Crippen LogP contribution < -0.4 is 0 Å². The Morgan fingerprint density at radius 1 is 0.476 bits per heavy atom. The lowest BCUT2D eigenvalue weighted by Crippen LogP contribution is -2.79. The van der Waals surface area contributed by atoms with Crippen LogP contribution in [0.2, 0.25) is 0 Å². The van der Waals surface area contributed by atoms with Gasteiger partial charge in [-0.2, -0.15) is 52.7 Å². The molecular formula is C6HBF12O2. The van der Waals surface area contributed by atoms with Gasteiger partial charge >= 0.3 is 32.4 Å². The van der Waals surface area contributed by atoms with Crippen LogP contribution >= 0.6 is 0 Å². The van der Waals surface area contributed by atoms with Gasteiger partial charge in [0.15, 0.2) is 0 Å². The second kappa shape index (κ2) is 4.33. The van der Waals surface area contributed by atoms with Crippen LogP contribution in [-0.2, 0) is 9.31 Å². The van der Waals surface area contributed by atoms with E-state index < -0.39 is 43.6 Å². The van der Waals surface area contributed by atoms with Crippen molar-refractivity contribution in [3.8, 4) is 0 Å².